The maximum atomic E-state index is 12.9. The fourth-order valence-corrected chi connectivity index (χ4v) is 4.29. The number of ether oxygens (including phenoxy) is 1. The monoisotopic (exact) mass is 417 g/mol. The van der Waals surface area contributed by atoms with E-state index in [9.17, 15) is 18.0 Å². The van der Waals surface area contributed by atoms with Crippen molar-refractivity contribution < 1.29 is 22.7 Å². The first-order chi connectivity index (χ1) is 12.7. The molecule has 10 heteroatoms. The Labute approximate surface area is 164 Å². The normalized spacial score (nSPS) is 15.6. The molecule has 0 unspecified atom stereocenters. The number of nitrogens with one attached hydrogen (secondary N) is 1. The van der Waals surface area contributed by atoms with Gasteiger partial charge in [-0.25, -0.2) is 17.9 Å². The third-order valence-electron chi connectivity index (χ3n) is 4.09. The van der Waals surface area contributed by atoms with E-state index in [0.717, 1.165) is 0 Å². The summed E-state index contributed by atoms with van der Waals surface area (Å²) >= 11 is 6.16. The van der Waals surface area contributed by atoms with Crippen molar-refractivity contribution in [3.8, 4) is 0 Å². The number of carbonyl (C=O) groups excluding carboxylic acids is 2. The van der Waals surface area contributed by atoms with Gasteiger partial charge in [-0.3, -0.25) is 4.79 Å². The van der Waals surface area contributed by atoms with E-state index in [-0.39, 0.29) is 27.4 Å². The number of hydrogen-bond donors (Lipinski definition) is 1. The minimum absolute atomic E-state index is 0.0186. The first-order valence-corrected chi connectivity index (χ1v) is 10.5. The zero-order valence-corrected chi connectivity index (χ0v) is 17.1. The summed E-state index contributed by atoms with van der Waals surface area (Å²) in [5.41, 5.74) is 0.120. The first kappa shape index (κ1) is 21.5. The lowest BCUT2D eigenvalue weighted by molar-refractivity contribution is 0.0757. The number of rotatable bonds is 4. The Morgan fingerprint density at radius 3 is 2.41 bits per heavy atom. The summed E-state index contributed by atoms with van der Waals surface area (Å²) in [6.45, 7) is 4.99. The topological polar surface area (TPSA) is 96.0 Å². The lowest BCUT2D eigenvalue weighted by atomic mass is 10.2. The minimum atomic E-state index is -3.74. The van der Waals surface area contributed by atoms with E-state index in [1.165, 1.54) is 30.2 Å². The van der Waals surface area contributed by atoms with Gasteiger partial charge in [-0.05, 0) is 38.5 Å². The van der Waals surface area contributed by atoms with Crippen LogP contribution in [0.5, 0.6) is 0 Å². The number of sulfonamides is 1. The van der Waals surface area contributed by atoms with E-state index in [0.29, 0.717) is 32.6 Å². The van der Waals surface area contributed by atoms with Gasteiger partial charge in [0.15, 0.2) is 0 Å². The first-order valence-electron chi connectivity index (χ1n) is 8.59. The highest BCUT2D eigenvalue weighted by molar-refractivity contribution is 7.89. The quantitative estimate of drug-likeness (QED) is 0.807. The second-order valence-corrected chi connectivity index (χ2v) is 8.64. The standard InChI is InChI=1S/C17H24ClN3O5S/c1-12(2)19-27(24,25)13-5-6-15(18)14(11-13)16(22)20-7-4-8-21(10-9-20)17(23)26-3/h5-6,11-12,19H,4,7-10H2,1-3H3. The molecule has 0 aromatic heterocycles. The molecule has 2 amide bonds. The van der Waals surface area contributed by atoms with Crippen molar-refractivity contribution in [1.29, 1.82) is 0 Å². The van der Waals surface area contributed by atoms with Gasteiger partial charge in [-0.2, -0.15) is 0 Å². The van der Waals surface area contributed by atoms with Gasteiger partial charge < -0.3 is 14.5 Å². The van der Waals surface area contributed by atoms with Crippen molar-refractivity contribution in [3.05, 3.63) is 28.8 Å². The maximum absolute atomic E-state index is 12.9. The Bertz CT molecular complexity index is 813. The van der Waals surface area contributed by atoms with Crippen LogP contribution in [0.25, 0.3) is 0 Å². The number of halogens is 1. The Morgan fingerprint density at radius 2 is 1.78 bits per heavy atom. The van der Waals surface area contributed by atoms with Crippen LogP contribution in [0.15, 0.2) is 23.1 Å². The lowest BCUT2D eigenvalue weighted by Crippen LogP contribution is -2.37. The average Bonchev–Trinajstić information content (AvgIpc) is 2.85. The summed E-state index contributed by atoms with van der Waals surface area (Å²) in [6, 6.07) is 3.78. The average molecular weight is 418 g/mol. The van der Waals surface area contributed by atoms with E-state index in [2.05, 4.69) is 4.72 Å². The predicted molar refractivity (Wildman–Crippen MR) is 101 cm³/mol. The van der Waals surface area contributed by atoms with Gasteiger partial charge >= 0.3 is 6.09 Å². The summed E-state index contributed by atoms with van der Waals surface area (Å²) in [5.74, 6) is -0.367. The van der Waals surface area contributed by atoms with Crippen LogP contribution in [0, 0.1) is 0 Å². The number of methoxy groups -OCH3 is 1. The SMILES string of the molecule is COC(=O)N1CCCN(C(=O)c2cc(S(=O)(=O)NC(C)C)ccc2Cl)CC1. The summed E-state index contributed by atoms with van der Waals surface area (Å²) in [7, 11) is -2.43. The molecule has 0 spiro atoms. The summed E-state index contributed by atoms with van der Waals surface area (Å²) < 4.78 is 31.9. The Balaban J connectivity index is 2.23. The van der Waals surface area contributed by atoms with Crippen LogP contribution in [0.4, 0.5) is 4.79 Å². The van der Waals surface area contributed by atoms with Crippen LogP contribution < -0.4 is 4.72 Å². The van der Waals surface area contributed by atoms with Crippen LogP contribution in [0.3, 0.4) is 0 Å². The van der Waals surface area contributed by atoms with Gasteiger partial charge in [-0.15, -0.1) is 0 Å². The number of hydrogen-bond acceptors (Lipinski definition) is 5. The van der Waals surface area contributed by atoms with Crippen molar-refractivity contribution in [2.75, 3.05) is 33.3 Å². The molecular formula is C17H24ClN3O5S. The molecule has 1 aromatic carbocycles. The molecule has 1 aliphatic rings. The Kier molecular flexibility index (Phi) is 7.07. The Morgan fingerprint density at radius 1 is 1.15 bits per heavy atom. The number of benzene rings is 1. The largest absolute Gasteiger partial charge is 0.453 e. The highest BCUT2D eigenvalue weighted by Gasteiger charge is 2.26. The van der Waals surface area contributed by atoms with Gasteiger partial charge in [0.1, 0.15) is 0 Å². The molecule has 1 heterocycles. The van der Waals surface area contributed by atoms with Gasteiger partial charge in [0.2, 0.25) is 10.0 Å². The van der Waals surface area contributed by atoms with Crippen LogP contribution in [0.2, 0.25) is 5.02 Å². The lowest BCUT2D eigenvalue weighted by Gasteiger charge is -2.22. The molecule has 1 saturated heterocycles. The van der Waals surface area contributed by atoms with E-state index in [1.807, 2.05) is 0 Å². The molecule has 0 radical (unpaired) electrons. The number of carbonyl (C=O) groups is 2. The van der Waals surface area contributed by atoms with Crippen LogP contribution in [-0.2, 0) is 14.8 Å². The predicted octanol–water partition coefficient (Wildman–Crippen LogP) is 1.94. The van der Waals surface area contributed by atoms with Crippen molar-refractivity contribution in [2.24, 2.45) is 0 Å². The fraction of sp³-hybridized carbons (Fsp3) is 0.529. The molecule has 0 atom stereocenters. The highest BCUT2D eigenvalue weighted by atomic mass is 35.5. The third-order valence-corrected chi connectivity index (χ3v) is 6.07. The number of amides is 2. The smallest absolute Gasteiger partial charge is 0.409 e. The Hall–Kier alpha value is -1.84. The molecule has 2 rings (SSSR count). The van der Waals surface area contributed by atoms with Gasteiger partial charge in [0.25, 0.3) is 5.91 Å². The molecule has 1 fully saturated rings. The summed E-state index contributed by atoms with van der Waals surface area (Å²) in [6.07, 6.45) is 0.154. The highest BCUT2D eigenvalue weighted by Crippen LogP contribution is 2.23. The van der Waals surface area contributed by atoms with Gasteiger partial charge in [0.05, 0.1) is 22.6 Å². The van der Waals surface area contributed by atoms with Crippen LogP contribution in [-0.4, -0.2) is 69.5 Å². The zero-order chi connectivity index (χ0) is 20.2. The molecule has 150 valence electrons. The molecule has 1 N–H and O–H groups in total. The van der Waals surface area contributed by atoms with Crippen LogP contribution >= 0.6 is 11.6 Å². The number of nitrogens with zero attached hydrogens (tertiary/aromatic N) is 2. The molecular weight excluding hydrogens is 394 g/mol. The molecule has 1 aliphatic heterocycles. The minimum Gasteiger partial charge on any atom is -0.453 e. The van der Waals surface area contributed by atoms with E-state index < -0.39 is 16.1 Å². The van der Waals surface area contributed by atoms with E-state index in [1.54, 1.807) is 18.7 Å². The molecule has 27 heavy (non-hydrogen) atoms. The maximum Gasteiger partial charge on any atom is 0.409 e. The summed E-state index contributed by atoms with van der Waals surface area (Å²) in [5, 5.41) is 0.178. The molecule has 0 aliphatic carbocycles. The molecule has 8 nitrogen and oxygen atoms in total. The van der Waals surface area contributed by atoms with Crippen molar-refractivity contribution >= 4 is 33.6 Å². The van der Waals surface area contributed by atoms with Crippen molar-refractivity contribution in [3.63, 3.8) is 0 Å². The summed E-state index contributed by atoms with van der Waals surface area (Å²) in [4.78, 5) is 27.7. The molecule has 1 aromatic rings. The van der Waals surface area contributed by atoms with E-state index >= 15 is 0 Å². The van der Waals surface area contributed by atoms with E-state index in [4.69, 9.17) is 16.3 Å². The second-order valence-electron chi connectivity index (χ2n) is 6.52. The van der Waals surface area contributed by atoms with Crippen molar-refractivity contribution in [1.82, 2.24) is 14.5 Å². The van der Waals surface area contributed by atoms with Gasteiger partial charge in [0, 0.05) is 32.2 Å². The van der Waals surface area contributed by atoms with Crippen LogP contribution in [0.1, 0.15) is 30.6 Å². The zero-order valence-electron chi connectivity index (χ0n) is 15.6. The third kappa shape index (κ3) is 5.33. The molecule has 0 saturated carbocycles. The fourth-order valence-electron chi connectivity index (χ4n) is 2.82. The molecule has 0 bridgehead atoms. The van der Waals surface area contributed by atoms with Crippen molar-refractivity contribution in [2.45, 2.75) is 31.2 Å². The van der Waals surface area contributed by atoms with Gasteiger partial charge in [-0.1, -0.05) is 11.6 Å². The second kappa shape index (κ2) is 8.90.